The van der Waals surface area contributed by atoms with Gasteiger partial charge in [-0.1, -0.05) is 41.1 Å². The first-order valence-electron chi connectivity index (χ1n) is 15.0. The third kappa shape index (κ3) is 7.67. The van der Waals surface area contributed by atoms with Gasteiger partial charge in [-0.15, -0.1) is 0 Å². The molecule has 9 nitrogen and oxygen atoms in total. The summed E-state index contributed by atoms with van der Waals surface area (Å²) in [5.41, 5.74) is 2.33. The number of aromatic nitrogens is 3. The highest BCUT2D eigenvalue weighted by Gasteiger charge is 2.21. The molecule has 2 aromatic heterocycles. The highest BCUT2D eigenvalue weighted by atomic mass is 35.5. The third-order valence-electron chi connectivity index (χ3n) is 7.52. The van der Waals surface area contributed by atoms with Crippen LogP contribution in [0.4, 0.5) is 31.2 Å². The second kappa shape index (κ2) is 14.4. The van der Waals surface area contributed by atoms with Gasteiger partial charge in [-0.3, -0.25) is 9.69 Å². The van der Waals surface area contributed by atoms with Crippen LogP contribution in [0.15, 0.2) is 72.9 Å². The predicted octanol–water partition coefficient (Wildman–Crippen LogP) is 7.74. The maximum Gasteiger partial charge on any atom is 0.261 e. The number of nitrogens with one attached hydrogen (secondary N) is 2. The van der Waals surface area contributed by atoms with Crippen LogP contribution in [0.5, 0.6) is 5.75 Å². The zero-order valence-electron chi connectivity index (χ0n) is 25.8. The van der Waals surface area contributed by atoms with Crippen LogP contribution in [0.3, 0.4) is 0 Å². The van der Waals surface area contributed by atoms with Crippen LogP contribution in [0.1, 0.15) is 23.2 Å². The molecule has 0 bridgehead atoms. The molecular formula is C34H32ClF2N7O2S. The normalized spacial score (nSPS) is 13.0. The smallest absolute Gasteiger partial charge is 0.261 e. The first kappa shape index (κ1) is 32.3. The van der Waals surface area contributed by atoms with Gasteiger partial charge in [0.25, 0.3) is 5.91 Å². The van der Waals surface area contributed by atoms with E-state index in [1.54, 1.807) is 36.5 Å². The molecule has 1 saturated heterocycles. The molecule has 1 aliphatic rings. The molecule has 2 N–H and O–H groups in total. The molecular weight excluding hydrogens is 644 g/mol. The van der Waals surface area contributed by atoms with Gasteiger partial charge in [0.1, 0.15) is 29.6 Å². The van der Waals surface area contributed by atoms with Crippen LogP contribution >= 0.6 is 22.9 Å². The van der Waals surface area contributed by atoms with Crippen molar-refractivity contribution < 1.29 is 18.3 Å². The van der Waals surface area contributed by atoms with E-state index in [0.29, 0.717) is 51.7 Å². The number of benzene rings is 3. The molecule has 1 aliphatic heterocycles. The molecule has 3 aromatic carbocycles. The van der Waals surface area contributed by atoms with Crippen molar-refractivity contribution in [1.29, 1.82) is 0 Å². The number of anilines is 4. The van der Waals surface area contributed by atoms with Crippen molar-refractivity contribution in [3.63, 3.8) is 0 Å². The minimum absolute atomic E-state index is 0.353. The van der Waals surface area contributed by atoms with E-state index in [9.17, 15) is 13.6 Å². The van der Waals surface area contributed by atoms with E-state index in [1.165, 1.54) is 30.2 Å². The van der Waals surface area contributed by atoms with Crippen molar-refractivity contribution in [2.75, 3.05) is 55.9 Å². The second-order valence-corrected chi connectivity index (χ2v) is 12.5. The Morgan fingerprint density at radius 3 is 2.51 bits per heavy atom. The zero-order chi connectivity index (χ0) is 32.9. The second-order valence-electron chi connectivity index (χ2n) is 11.1. The molecule has 0 spiro atoms. The summed E-state index contributed by atoms with van der Waals surface area (Å²) >= 11 is 7.98. The lowest BCUT2D eigenvalue weighted by atomic mass is 10.1. The summed E-state index contributed by atoms with van der Waals surface area (Å²) in [5, 5.41) is 7.04. The van der Waals surface area contributed by atoms with Gasteiger partial charge in [0.05, 0.1) is 21.3 Å². The SMILES string of the molecule is CN(C)c1nc(-c2cccc(NC(=O)c3c(F)cccc3F)c2)c(-c2ccnc(Nc3ccc(OCCN4CCCC4)c(Cl)c3)n2)s1. The number of hydrogen-bond acceptors (Lipinski definition) is 9. The number of rotatable bonds is 11. The molecule has 1 fully saturated rings. The Bertz CT molecular complexity index is 1880. The molecule has 242 valence electrons. The Labute approximate surface area is 280 Å². The van der Waals surface area contributed by atoms with E-state index in [2.05, 4.69) is 20.5 Å². The summed E-state index contributed by atoms with van der Waals surface area (Å²) in [7, 11) is 3.78. The van der Waals surface area contributed by atoms with Crippen LogP contribution in [0.2, 0.25) is 5.02 Å². The molecule has 3 heterocycles. The molecule has 0 radical (unpaired) electrons. The Morgan fingerprint density at radius 2 is 1.77 bits per heavy atom. The summed E-state index contributed by atoms with van der Waals surface area (Å²) in [6.45, 7) is 3.67. The van der Waals surface area contributed by atoms with E-state index < -0.39 is 23.1 Å². The van der Waals surface area contributed by atoms with Crippen molar-refractivity contribution in [1.82, 2.24) is 19.9 Å². The highest BCUT2D eigenvalue weighted by Crippen LogP contribution is 2.40. The number of thiazole rings is 1. The molecule has 6 rings (SSSR count). The Hall–Kier alpha value is -4.65. The fourth-order valence-corrected chi connectivity index (χ4v) is 6.40. The van der Waals surface area contributed by atoms with Crippen molar-refractivity contribution in [2.24, 2.45) is 0 Å². The largest absolute Gasteiger partial charge is 0.491 e. The van der Waals surface area contributed by atoms with Gasteiger partial charge < -0.3 is 20.3 Å². The Balaban J connectivity index is 1.22. The summed E-state index contributed by atoms with van der Waals surface area (Å²) in [5.74, 6) is -1.79. The Morgan fingerprint density at radius 1 is 1.00 bits per heavy atom. The van der Waals surface area contributed by atoms with E-state index in [1.807, 2.05) is 37.2 Å². The maximum absolute atomic E-state index is 14.2. The molecule has 0 aliphatic carbocycles. The number of carbonyl (C=O) groups excluding carboxylic acids is 1. The van der Waals surface area contributed by atoms with Crippen molar-refractivity contribution in [2.45, 2.75) is 12.8 Å². The number of likely N-dealkylation sites (tertiary alicyclic amines) is 1. The van der Waals surface area contributed by atoms with Gasteiger partial charge in [-0.2, -0.15) is 0 Å². The molecule has 1 amide bonds. The number of carbonyl (C=O) groups is 1. The average molecular weight is 676 g/mol. The highest BCUT2D eigenvalue weighted by molar-refractivity contribution is 7.19. The Kier molecular flexibility index (Phi) is 9.90. The van der Waals surface area contributed by atoms with Gasteiger partial charge in [0, 0.05) is 43.8 Å². The first-order valence-corrected chi connectivity index (χ1v) is 16.2. The lowest BCUT2D eigenvalue weighted by molar-refractivity contribution is 0.101. The molecule has 13 heteroatoms. The summed E-state index contributed by atoms with van der Waals surface area (Å²) in [6, 6.07) is 17.5. The monoisotopic (exact) mass is 675 g/mol. The fourth-order valence-electron chi connectivity index (χ4n) is 5.18. The van der Waals surface area contributed by atoms with Crippen LogP contribution in [0, 0.1) is 11.6 Å². The van der Waals surface area contributed by atoms with E-state index in [0.717, 1.165) is 41.8 Å². The summed E-state index contributed by atoms with van der Waals surface area (Å²) in [4.78, 5) is 31.8. The molecule has 0 unspecified atom stereocenters. The topological polar surface area (TPSA) is 95.5 Å². The van der Waals surface area contributed by atoms with Gasteiger partial charge in [-0.05, 0) is 74.5 Å². The number of amides is 1. The number of halogens is 3. The van der Waals surface area contributed by atoms with Crippen LogP contribution in [-0.2, 0) is 0 Å². The molecule has 0 saturated carbocycles. The average Bonchev–Trinajstić information content (AvgIpc) is 3.73. The van der Waals surface area contributed by atoms with Crippen LogP contribution < -0.4 is 20.3 Å². The van der Waals surface area contributed by atoms with Crippen LogP contribution in [-0.4, -0.2) is 66.1 Å². The lowest BCUT2D eigenvalue weighted by Crippen LogP contribution is -2.25. The summed E-state index contributed by atoms with van der Waals surface area (Å²) in [6.07, 6.45) is 4.13. The minimum Gasteiger partial charge on any atom is -0.491 e. The van der Waals surface area contributed by atoms with Crippen molar-refractivity contribution in [3.8, 4) is 27.6 Å². The molecule has 5 aromatic rings. The van der Waals surface area contributed by atoms with Gasteiger partial charge in [-0.25, -0.2) is 23.7 Å². The van der Waals surface area contributed by atoms with E-state index >= 15 is 0 Å². The summed E-state index contributed by atoms with van der Waals surface area (Å²) < 4.78 is 34.4. The minimum atomic E-state index is -0.941. The zero-order valence-corrected chi connectivity index (χ0v) is 27.3. The first-order chi connectivity index (χ1) is 22.7. The quantitative estimate of drug-likeness (QED) is 0.147. The standard InChI is InChI=1S/C34H32ClF2N7O2S/c1-43(2)34-42-30(21-7-5-8-22(19-21)39-32(45)29-25(36)9-6-10-26(29)37)31(47-34)27-13-14-38-33(41-27)40-23-11-12-28(24(35)20-23)46-18-17-44-15-3-4-16-44/h5-14,19-20H,3-4,15-18H2,1-2H3,(H,39,45)(H,38,40,41). The van der Waals surface area contributed by atoms with Crippen molar-refractivity contribution in [3.05, 3.63) is 95.1 Å². The van der Waals surface area contributed by atoms with Crippen LogP contribution in [0.25, 0.3) is 21.8 Å². The number of nitrogens with zero attached hydrogens (tertiary/aromatic N) is 5. The maximum atomic E-state index is 14.2. The third-order valence-corrected chi connectivity index (χ3v) is 9.06. The van der Waals surface area contributed by atoms with E-state index in [-0.39, 0.29) is 0 Å². The van der Waals surface area contributed by atoms with Gasteiger partial charge in [0.2, 0.25) is 5.95 Å². The van der Waals surface area contributed by atoms with Gasteiger partial charge in [0.15, 0.2) is 5.13 Å². The number of hydrogen-bond donors (Lipinski definition) is 2. The van der Waals surface area contributed by atoms with E-state index in [4.69, 9.17) is 26.3 Å². The molecule has 47 heavy (non-hydrogen) atoms. The van der Waals surface area contributed by atoms with Gasteiger partial charge >= 0.3 is 0 Å². The van der Waals surface area contributed by atoms with Crippen molar-refractivity contribution >= 4 is 51.3 Å². The predicted molar refractivity (Wildman–Crippen MR) is 183 cm³/mol. The molecule has 0 atom stereocenters. The lowest BCUT2D eigenvalue weighted by Gasteiger charge is -2.16. The fraction of sp³-hybridized carbons (Fsp3) is 0.235. The number of ether oxygens (including phenoxy) is 1.